The number of anilines is 1. The number of nitrogens with zero attached hydrogens (tertiary/aromatic N) is 2. The highest BCUT2D eigenvalue weighted by Gasteiger charge is 2.25. The second-order valence-electron chi connectivity index (χ2n) is 8.10. The van der Waals surface area contributed by atoms with Crippen molar-refractivity contribution in [3.05, 3.63) is 74.9 Å². The molecule has 2 heterocycles. The molecule has 4 aromatic rings. The lowest BCUT2D eigenvalue weighted by Gasteiger charge is -2.15. The quantitative estimate of drug-likeness (QED) is 0.136. The van der Waals surface area contributed by atoms with E-state index in [-0.39, 0.29) is 34.3 Å². The van der Waals surface area contributed by atoms with E-state index in [0.717, 1.165) is 23.1 Å². The zero-order chi connectivity index (χ0) is 27.4. The number of amides is 1. The third kappa shape index (κ3) is 5.34. The van der Waals surface area contributed by atoms with Gasteiger partial charge in [0.05, 0.1) is 46.5 Å². The lowest BCUT2D eigenvalue weighted by atomic mass is 10.1. The van der Waals surface area contributed by atoms with Crippen molar-refractivity contribution in [3.63, 3.8) is 0 Å². The summed E-state index contributed by atoms with van der Waals surface area (Å²) in [7, 11) is 1.51. The largest absolute Gasteiger partial charge is 0.495 e. The van der Waals surface area contributed by atoms with Crippen molar-refractivity contribution in [2.24, 2.45) is 0 Å². The maximum absolute atomic E-state index is 13.5. The van der Waals surface area contributed by atoms with Crippen LogP contribution in [0.5, 0.6) is 5.75 Å². The van der Waals surface area contributed by atoms with Gasteiger partial charge in [-0.2, -0.15) is 0 Å². The molecule has 1 amide bonds. The Morgan fingerprint density at radius 2 is 1.82 bits per heavy atom. The van der Waals surface area contributed by atoms with Gasteiger partial charge in [-0.25, -0.2) is 9.78 Å². The molecule has 0 aliphatic rings. The van der Waals surface area contributed by atoms with Gasteiger partial charge in [-0.3, -0.25) is 19.0 Å². The fourth-order valence-corrected chi connectivity index (χ4v) is 5.83. The molecule has 9 nitrogen and oxygen atoms in total. The molecule has 0 atom stereocenters. The van der Waals surface area contributed by atoms with Crippen molar-refractivity contribution in [3.8, 4) is 11.4 Å². The summed E-state index contributed by atoms with van der Waals surface area (Å²) in [5.74, 6) is -0.907. The average molecular weight is 552 g/mol. The molecule has 0 radical (unpaired) electrons. The highest BCUT2D eigenvalue weighted by atomic mass is 32.2. The lowest BCUT2D eigenvalue weighted by Crippen LogP contribution is -2.23. The van der Waals surface area contributed by atoms with Gasteiger partial charge >= 0.3 is 5.97 Å². The highest BCUT2D eigenvalue weighted by Crippen LogP contribution is 2.34. The molecule has 0 aliphatic heterocycles. The number of hydrogen-bond donors (Lipinski definition) is 1. The Kier molecular flexibility index (Phi) is 8.28. The average Bonchev–Trinajstić information content (AvgIpc) is 3.23. The van der Waals surface area contributed by atoms with Crippen LogP contribution in [0.4, 0.5) is 5.00 Å². The number of esters is 1. The monoisotopic (exact) mass is 551 g/mol. The minimum atomic E-state index is -0.613. The van der Waals surface area contributed by atoms with E-state index in [4.69, 9.17) is 9.47 Å². The van der Waals surface area contributed by atoms with Crippen LogP contribution in [-0.4, -0.2) is 46.7 Å². The van der Waals surface area contributed by atoms with Gasteiger partial charge in [0, 0.05) is 0 Å². The zero-order valence-corrected chi connectivity index (χ0v) is 22.8. The predicted molar refractivity (Wildman–Crippen MR) is 148 cm³/mol. The number of rotatable bonds is 9. The SMILES string of the molecule is CCOC(=O)c1c(NC(=O)CSc2nc3ccccc3c(=O)n2-c2ccccc2OC)sc(C(C)=O)c1C. The van der Waals surface area contributed by atoms with Crippen LogP contribution in [0.2, 0.25) is 0 Å². The van der Waals surface area contributed by atoms with Gasteiger partial charge in [0.1, 0.15) is 10.8 Å². The Morgan fingerprint density at radius 3 is 2.53 bits per heavy atom. The molecule has 2 aromatic carbocycles. The number of ether oxygens (including phenoxy) is 2. The Bertz CT molecular complexity index is 1610. The minimum absolute atomic E-state index is 0.117. The maximum Gasteiger partial charge on any atom is 0.341 e. The predicted octanol–water partition coefficient (Wildman–Crippen LogP) is 4.87. The maximum atomic E-state index is 13.5. The smallest absolute Gasteiger partial charge is 0.341 e. The fourth-order valence-electron chi connectivity index (χ4n) is 3.92. The first-order valence-electron chi connectivity index (χ1n) is 11.7. The molecule has 196 valence electrons. The Morgan fingerprint density at radius 1 is 1.11 bits per heavy atom. The number of nitrogens with one attached hydrogen (secondary N) is 1. The standard InChI is InChI=1S/C27H25N3O6S2/c1-5-36-26(34)22-15(2)23(16(3)31)38-24(22)29-21(32)14-37-27-28-18-11-7-6-10-17(18)25(33)30(27)19-12-8-9-13-20(19)35-4/h6-13H,5,14H2,1-4H3,(H,29,32). The van der Waals surface area contributed by atoms with Crippen molar-refractivity contribution >= 4 is 56.7 Å². The van der Waals surface area contributed by atoms with Crippen LogP contribution < -0.4 is 15.6 Å². The number of hydrogen-bond acceptors (Lipinski definition) is 9. The molecule has 1 N–H and O–H groups in total. The first-order valence-corrected chi connectivity index (χ1v) is 13.5. The number of carbonyl (C=O) groups is 3. The molecule has 0 unspecified atom stereocenters. The molecule has 38 heavy (non-hydrogen) atoms. The topological polar surface area (TPSA) is 117 Å². The van der Waals surface area contributed by atoms with Crippen molar-refractivity contribution in [2.45, 2.75) is 25.9 Å². The summed E-state index contributed by atoms with van der Waals surface area (Å²) in [6, 6.07) is 14.0. The first kappa shape index (κ1) is 27.1. The van der Waals surface area contributed by atoms with Crippen LogP contribution in [-0.2, 0) is 9.53 Å². The molecule has 2 aromatic heterocycles. The van der Waals surface area contributed by atoms with Gasteiger partial charge in [-0.15, -0.1) is 11.3 Å². The van der Waals surface area contributed by atoms with Gasteiger partial charge in [0.2, 0.25) is 5.91 Å². The lowest BCUT2D eigenvalue weighted by molar-refractivity contribution is -0.113. The van der Waals surface area contributed by atoms with Crippen molar-refractivity contribution in [1.29, 1.82) is 0 Å². The van der Waals surface area contributed by atoms with Crippen LogP contribution in [0.1, 0.15) is 39.4 Å². The van der Waals surface area contributed by atoms with E-state index in [2.05, 4.69) is 10.3 Å². The molecule has 11 heteroatoms. The first-order chi connectivity index (χ1) is 18.3. The van der Waals surface area contributed by atoms with Crippen molar-refractivity contribution < 1.29 is 23.9 Å². The molecular weight excluding hydrogens is 526 g/mol. The number of carbonyl (C=O) groups excluding carboxylic acids is 3. The van der Waals surface area contributed by atoms with Gasteiger partial charge in [-0.1, -0.05) is 36.0 Å². The molecule has 0 saturated carbocycles. The molecule has 0 aliphatic carbocycles. The number of Topliss-reactive ketones (excluding diaryl/α,β-unsaturated/α-hetero) is 1. The third-order valence-corrected chi connectivity index (χ3v) is 7.85. The van der Waals surface area contributed by atoms with E-state index in [1.165, 1.54) is 18.6 Å². The Balaban J connectivity index is 1.68. The Hall–Kier alpha value is -3.96. The zero-order valence-electron chi connectivity index (χ0n) is 21.2. The van der Waals surface area contributed by atoms with E-state index in [1.807, 2.05) is 0 Å². The van der Waals surface area contributed by atoms with Gasteiger partial charge in [0.25, 0.3) is 5.56 Å². The van der Waals surface area contributed by atoms with Gasteiger partial charge < -0.3 is 14.8 Å². The van der Waals surface area contributed by atoms with E-state index in [0.29, 0.717) is 37.9 Å². The van der Waals surface area contributed by atoms with Crippen molar-refractivity contribution in [2.75, 3.05) is 24.8 Å². The fraction of sp³-hybridized carbons (Fsp3) is 0.222. The molecule has 0 fully saturated rings. The number of thiophene rings is 1. The second-order valence-corrected chi connectivity index (χ2v) is 10.1. The number of ketones is 1. The van der Waals surface area contributed by atoms with Crippen LogP contribution in [0.15, 0.2) is 58.5 Å². The number of thioether (sulfide) groups is 1. The summed E-state index contributed by atoms with van der Waals surface area (Å²) in [6.45, 7) is 4.88. The summed E-state index contributed by atoms with van der Waals surface area (Å²) < 4.78 is 12.0. The second kappa shape index (κ2) is 11.6. The van der Waals surface area contributed by atoms with E-state index in [9.17, 15) is 19.2 Å². The summed E-state index contributed by atoms with van der Waals surface area (Å²) in [4.78, 5) is 56.2. The molecule has 0 bridgehead atoms. The molecule has 0 saturated heterocycles. The number of para-hydroxylation sites is 3. The molecule has 4 rings (SSSR count). The number of methoxy groups -OCH3 is 1. The Labute approximate surface area is 226 Å². The molecular formula is C27H25N3O6S2. The third-order valence-electron chi connectivity index (χ3n) is 5.60. The van der Waals surface area contributed by atoms with E-state index in [1.54, 1.807) is 62.4 Å². The van der Waals surface area contributed by atoms with Crippen molar-refractivity contribution in [1.82, 2.24) is 9.55 Å². The minimum Gasteiger partial charge on any atom is -0.495 e. The number of aromatic nitrogens is 2. The van der Waals surface area contributed by atoms with Crippen LogP contribution in [0, 0.1) is 6.92 Å². The van der Waals surface area contributed by atoms with Gasteiger partial charge in [0.15, 0.2) is 10.9 Å². The summed E-state index contributed by atoms with van der Waals surface area (Å²) in [5, 5.41) is 3.70. The van der Waals surface area contributed by atoms with E-state index >= 15 is 0 Å². The normalized spacial score (nSPS) is 10.8. The summed E-state index contributed by atoms with van der Waals surface area (Å²) in [6.07, 6.45) is 0. The summed E-state index contributed by atoms with van der Waals surface area (Å²) in [5.41, 5.74) is 1.31. The van der Waals surface area contributed by atoms with Gasteiger partial charge in [-0.05, 0) is 50.6 Å². The summed E-state index contributed by atoms with van der Waals surface area (Å²) >= 11 is 2.09. The number of fused-ring (bicyclic) bond motifs is 1. The van der Waals surface area contributed by atoms with Crippen LogP contribution >= 0.6 is 23.1 Å². The number of benzene rings is 2. The molecule has 0 spiro atoms. The van der Waals surface area contributed by atoms with Crippen LogP contribution in [0.25, 0.3) is 16.6 Å². The van der Waals surface area contributed by atoms with E-state index < -0.39 is 11.9 Å². The van der Waals surface area contributed by atoms with Crippen LogP contribution in [0.3, 0.4) is 0 Å². The highest BCUT2D eigenvalue weighted by molar-refractivity contribution is 7.99.